The standard InChI is InChI=1S/C20H15ClN4O/c21-16-8-10-17(11-9-16)25-19-18(13-23-25)20(26)24(14-22-19)12-4-7-15-5-2-1-3-6-15/h1-11,13-14H,12H2/b7-4+. The predicted molar refractivity (Wildman–Crippen MR) is 104 cm³/mol. The SMILES string of the molecule is O=c1c2cnn(-c3ccc(Cl)cc3)c2ncn1C/C=C/c1ccccc1. The van der Waals surface area contributed by atoms with Gasteiger partial charge in [-0.2, -0.15) is 5.10 Å². The van der Waals surface area contributed by atoms with Gasteiger partial charge < -0.3 is 0 Å². The Morgan fingerprint density at radius 1 is 1.04 bits per heavy atom. The van der Waals surface area contributed by atoms with Gasteiger partial charge in [-0.05, 0) is 29.8 Å². The molecule has 0 amide bonds. The van der Waals surface area contributed by atoms with Crippen molar-refractivity contribution in [1.29, 1.82) is 0 Å². The molecular formula is C20H15ClN4O. The zero-order valence-electron chi connectivity index (χ0n) is 13.8. The van der Waals surface area contributed by atoms with E-state index in [0.29, 0.717) is 22.6 Å². The van der Waals surface area contributed by atoms with Gasteiger partial charge in [0.25, 0.3) is 5.56 Å². The number of allylic oxidation sites excluding steroid dienone is 1. The number of benzene rings is 2. The van der Waals surface area contributed by atoms with Gasteiger partial charge >= 0.3 is 0 Å². The minimum Gasteiger partial charge on any atom is -0.295 e. The summed E-state index contributed by atoms with van der Waals surface area (Å²) in [6.07, 6.45) is 7.02. The first-order valence-electron chi connectivity index (χ1n) is 8.13. The van der Waals surface area contributed by atoms with Crippen molar-refractivity contribution in [2.45, 2.75) is 6.54 Å². The van der Waals surface area contributed by atoms with Gasteiger partial charge in [0.1, 0.15) is 11.7 Å². The number of hydrogen-bond donors (Lipinski definition) is 0. The number of hydrogen-bond acceptors (Lipinski definition) is 3. The highest BCUT2D eigenvalue weighted by molar-refractivity contribution is 6.30. The normalized spacial score (nSPS) is 11.4. The van der Waals surface area contributed by atoms with Gasteiger partial charge in [0.15, 0.2) is 5.65 Å². The Balaban J connectivity index is 1.65. The molecule has 0 radical (unpaired) electrons. The fraction of sp³-hybridized carbons (Fsp3) is 0.0500. The molecule has 4 aromatic rings. The Morgan fingerprint density at radius 3 is 2.58 bits per heavy atom. The Hall–Kier alpha value is -3.18. The van der Waals surface area contributed by atoms with Crippen LogP contribution in [0.2, 0.25) is 5.02 Å². The van der Waals surface area contributed by atoms with Crippen LogP contribution >= 0.6 is 11.6 Å². The smallest absolute Gasteiger partial charge is 0.264 e. The van der Waals surface area contributed by atoms with E-state index in [-0.39, 0.29) is 5.56 Å². The lowest BCUT2D eigenvalue weighted by molar-refractivity contribution is 0.765. The Kier molecular flexibility index (Phi) is 4.37. The van der Waals surface area contributed by atoms with E-state index >= 15 is 0 Å². The van der Waals surface area contributed by atoms with Gasteiger partial charge in [0.2, 0.25) is 0 Å². The van der Waals surface area contributed by atoms with Crippen LogP contribution in [0.3, 0.4) is 0 Å². The molecule has 0 atom stereocenters. The molecule has 0 aliphatic heterocycles. The number of nitrogens with zero attached hydrogens (tertiary/aromatic N) is 4. The van der Waals surface area contributed by atoms with E-state index in [1.165, 1.54) is 0 Å². The van der Waals surface area contributed by atoms with Crippen molar-refractivity contribution in [3.63, 3.8) is 0 Å². The maximum atomic E-state index is 12.7. The second kappa shape index (κ2) is 6.98. The number of rotatable bonds is 4. The van der Waals surface area contributed by atoms with Gasteiger partial charge in [0.05, 0.1) is 11.9 Å². The summed E-state index contributed by atoms with van der Waals surface area (Å²) >= 11 is 5.93. The molecule has 0 saturated carbocycles. The van der Waals surface area contributed by atoms with Crippen LogP contribution in [0.4, 0.5) is 0 Å². The zero-order chi connectivity index (χ0) is 17.9. The highest BCUT2D eigenvalue weighted by Crippen LogP contribution is 2.16. The van der Waals surface area contributed by atoms with Gasteiger partial charge in [-0.15, -0.1) is 0 Å². The van der Waals surface area contributed by atoms with Crippen LogP contribution in [0, 0.1) is 0 Å². The summed E-state index contributed by atoms with van der Waals surface area (Å²) in [5.41, 5.74) is 2.30. The fourth-order valence-electron chi connectivity index (χ4n) is 2.72. The monoisotopic (exact) mass is 362 g/mol. The molecule has 5 nitrogen and oxygen atoms in total. The fourth-order valence-corrected chi connectivity index (χ4v) is 2.84. The summed E-state index contributed by atoms with van der Waals surface area (Å²) in [6.45, 7) is 0.447. The van der Waals surface area contributed by atoms with E-state index in [0.717, 1.165) is 11.3 Å². The minimum absolute atomic E-state index is 0.118. The summed E-state index contributed by atoms with van der Waals surface area (Å²) in [4.78, 5) is 17.1. The summed E-state index contributed by atoms with van der Waals surface area (Å²) in [6, 6.07) is 17.2. The largest absolute Gasteiger partial charge is 0.295 e. The lowest BCUT2D eigenvalue weighted by Gasteiger charge is -2.04. The second-order valence-corrected chi connectivity index (χ2v) is 6.22. The molecule has 0 spiro atoms. The summed E-state index contributed by atoms with van der Waals surface area (Å²) in [5, 5.41) is 5.43. The molecule has 0 N–H and O–H groups in total. The van der Waals surface area contributed by atoms with Crippen molar-refractivity contribution < 1.29 is 0 Å². The lowest BCUT2D eigenvalue weighted by atomic mass is 10.2. The maximum Gasteiger partial charge on any atom is 0.264 e. The average Bonchev–Trinajstić information content (AvgIpc) is 3.10. The van der Waals surface area contributed by atoms with E-state index in [2.05, 4.69) is 10.1 Å². The van der Waals surface area contributed by atoms with E-state index in [1.807, 2.05) is 54.6 Å². The Morgan fingerprint density at radius 2 is 1.81 bits per heavy atom. The van der Waals surface area contributed by atoms with Crippen molar-refractivity contribution in [2.24, 2.45) is 0 Å². The number of aromatic nitrogens is 4. The average molecular weight is 363 g/mol. The molecule has 2 heterocycles. The van der Waals surface area contributed by atoms with Crippen molar-refractivity contribution in [3.05, 3.63) is 94.1 Å². The van der Waals surface area contributed by atoms with E-state index in [9.17, 15) is 4.79 Å². The topological polar surface area (TPSA) is 52.7 Å². The Bertz CT molecular complexity index is 1130. The number of halogens is 1. The van der Waals surface area contributed by atoms with Crippen molar-refractivity contribution in [3.8, 4) is 5.69 Å². The quantitative estimate of drug-likeness (QED) is 0.552. The summed E-state index contributed by atoms with van der Waals surface area (Å²) in [5.74, 6) is 0. The van der Waals surface area contributed by atoms with E-state index < -0.39 is 0 Å². The molecule has 0 aliphatic carbocycles. The predicted octanol–water partition coefficient (Wildman–Crippen LogP) is 3.95. The van der Waals surface area contributed by atoms with Crippen LogP contribution in [0.5, 0.6) is 0 Å². The molecule has 0 bridgehead atoms. The third-order valence-electron chi connectivity index (χ3n) is 4.04. The highest BCUT2D eigenvalue weighted by Gasteiger charge is 2.10. The molecule has 128 valence electrons. The zero-order valence-corrected chi connectivity index (χ0v) is 14.5. The molecule has 2 aromatic carbocycles. The van der Waals surface area contributed by atoms with Crippen LogP contribution in [0.1, 0.15) is 5.56 Å². The van der Waals surface area contributed by atoms with Gasteiger partial charge in [-0.3, -0.25) is 9.36 Å². The van der Waals surface area contributed by atoms with Crippen LogP contribution < -0.4 is 5.56 Å². The molecule has 0 saturated heterocycles. The maximum absolute atomic E-state index is 12.7. The van der Waals surface area contributed by atoms with Gasteiger partial charge in [-0.1, -0.05) is 54.1 Å². The molecule has 0 aliphatic rings. The highest BCUT2D eigenvalue weighted by atomic mass is 35.5. The number of fused-ring (bicyclic) bond motifs is 1. The van der Waals surface area contributed by atoms with Gasteiger partial charge in [0, 0.05) is 11.6 Å². The lowest BCUT2D eigenvalue weighted by Crippen LogP contribution is -2.19. The minimum atomic E-state index is -0.118. The summed E-state index contributed by atoms with van der Waals surface area (Å²) in [7, 11) is 0. The van der Waals surface area contributed by atoms with E-state index in [4.69, 9.17) is 11.6 Å². The van der Waals surface area contributed by atoms with Crippen LogP contribution in [0.15, 0.2) is 78.0 Å². The summed E-state index contributed by atoms with van der Waals surface area (Å²) < 4.78 is 3.20. The van der Waals surface area contributed by atoms with Gasteiger partial charge in [-0.25, -0.2) is 9.67 Å². The van der Waals surface area contributed by atoms with Crippen molar-refractivity contribution in [2.75, 3.05) is 0 Å². The molecule has 4 rings (SSSR count). The van der Waals surface area contributed by atoms with E-state index in [1.54, 1.807) is 33.9 Å². The van der Waals surface area contributed by atoms with Crippen molar-refractivity contribution >= 4 is 28.7 Å². The third-order valence-corrected chi connectivity index (χ3v) is 4.29. The molecule has 6 heteroatoms. The first kappa shape index (κ1) is 16.3. The molecule has 26 heavy (non-hydrogen) atoms. The Labute approximate surface area is 154 Å². The second-order valence-electron chi connectivity index (χ2n) is 5.79. The van der Waals surface area contributed by atoms with Crippen LogP contribution in [-0.4, -0.2) is 19.3 Å². The van der Waals surface area contributed by atoms with Crippen molar-refractivity contribution in [1.82, 2.24) is 19.3 Å². The van der Waals surface area contributed by atoms with Crippen LogP contribution in [0.25, 0.3) is 22.8 Å². The van der Waals surface area contributed by atoms with Crippen LogP contribution in [-0.2, 0) is 6.54 Å². The molecule has 0 fully saturated rings. The molecule has 2 aromatic heterocycles. The third kappa shape index (κ3) is 3.17. The molecule has 0 unspecified atom stereocenters. The first-order valence-corrected chi connectivity index (χ1v) is 8.51. The molecular weight excluding hydrogens is 348 g/mol. The first-order chi connectivity index (χ1) is 12.7.